The molecule has 3 aromatic rings. The molecule has 3 rings (SSSR count). The molecule has 0 bridgehead atoms. The van der Waals surface area contributed by atoms with Crippen molar-refractivity contribution < 1.29 is 32.0 Å². The Balaban J connectivity index is 1.56. The summed E-state index contributed by atoms with van der Waals surface area (Å²) in [6.45, 7) is -0.302. The van der Waals surface area contributed by atoms with Gasteiger partial charge in [0.15, 0.2) is 18.1 Å². The minimum Gasteiger partial charge on any atom is -0.484 e. The highest BCUT2D eigenvalue weighted by atomic mass is 19.4. The van der Waals surface area contributed by atoms with Crippen molar-refractivity contribution in [2.45, 2.75) is 13.1 Å². The lowest BCUT2D eigenvalue weighted by atomic mass is 10.1. The number of amides is 2. The molecule has 0 atom stereocenters. The van der Waals surface area contributed by atoms with Crippen molar-refractivity contribution in [2.24, 2.45) is 0 Å². The van der Waals surface area contributed by atoms with E-state index < -0.39 is 24.6 Å². The van der Waals surface area contributed by atoms with E-state index in [1.165, 1.54) is 31.2 Å². The van der Waals surface area contributed by atoms with Crippen LogP contribution in [0.15, 0.2) is 59.1 Å². The summed E-state index contributed by atoms with van der Waals surface area (Å²) >= 11 is 0. The topological polar surface area (TPSA) is 93.5 Å². The van der Waals surface area contributed by atoms with Crippen LogP contribution in [0.25, 0.3) is 11.3 Å². The SMILES string of the molecule is Cc1c(NC(=O)CNC(=O)c2cc(-c3ccccc3)on2)cccc1OCC(F)(F)F. The fourth-order valence-electron chi connectivity index (χ4n) is 2.63. The van der Waals surface area contributed by atoms with E-state index in [1.807, 2.05) is 18.2 Å². The number of carbonyl (C=O) groups excluding carboxylic acids is 2. The lowest BCUT2D eigenvalue weighted by Gasteiger charge is -2.14. The van der Waals surface area contributed by atoms with Gasteiger partial charge in [0, 0.05) is 22.9 Å². The van der Waals surface area contributed by atoms with E-state index in [2.05, 4.69) is 15.8 Å². The number of benzene rings is 2. The minimum atomic E-state index is -4.47. The van der Waals surface area contributed by atoms with E-state index in [0.717, 1.165) is 5.56 Å². The van der Waals surface area contributed by atoms with Gasteiger partial charge in [-0.05, 0) is 19.1 Å². The second kappa shape index (κ2) is 9.33. The molecular weight excluding hydrogens is 415 g/mol. The molecule has 2 amide bonds. The van der Waals surface area contributed by atoms with Gasteiger partial charge in [-0.1, -0.05) is 41.6 Å². The first-order valence-corrected chi connectivity index (χ1v) is 9.12. The number of nitrogens with zero attached hydrogens (tertiary/aromatic N) is 1. The van der Waals surface area contributed by atoms with Crippen LogP contribution in [-0.2, 0) is 4.79 Å². The van der Waals surface area contributed by atoms with Gasteiger partial charge in [-0.3, -0.25) is 9.59 Å². The number of anilines is 1. The number of carbonyl (C=O) groups is 2. The van der Waals surface area contributed by atoms with Crippen LogP contribution in [0.5, 0.6) is 5.75 Å². The third-order valence-electron chi connectivity index (χ3n) is 4.16. The average Bonchev–Trinajstić information content (AvgIpc) is 3.23. The van der Waals surface area contributed by atoms with Gasteiger partial charge in [-0.25, -0.2) is 0 Å². The van der Waals surface area contributed by atoms with Crippen LogP contribution >= 0.6 is 0 Å². The Morgan fingerprint density at radius 3 is 2.55 bits per heavy atom. The van der Waals surface area contributed by atoms with Crippen LogP contribution in [0.4, 0.5) is 18.9 Å². The van der Waals surface area contributed by atoms with Gasteiger partial charge in [0.05, 0.1) is 6.54 Å². The van der Waals surface area contributed by atoms with Crippen LogP contribution in [0, 0.1) is 6.92 Å². The lowest BCUT2D eigenvalue weighted by molar-refractivity contribution is -0.153. The van der Waals surface area contributed by atoms with Gasteiger partial charge in [0.2, 0.25) is 5.91 Å². The zero-order valence-corrected chi connectivity index (χ0v) is 16.3. The fraction of sp³-hybridized carbons (Fsp3) is 0.190. The standard InChI is InChI=1S/C21H18F3N3O4/c1-13-15(8-5-9-17(13)30-12-21(22,23)24)26-19(28)11-25-20(29)16-10-18(31-27-16)14-6-3-2-4-7-14/h2-10H,11-12H2,1H3,(H,25,29)(H,26,28). The van der Waals surface area contributed by atoms with Crippen LogP contribution in [0.2, 0.25) is 0 Å². The Labute approximate surface area is 175 Å². The number of rotatable bonds is 7. The van der Waals surface area contributed by atoms with E-state index in [-0.39, 0.29) is 23.7 Å². The van der Waals surface area contributed by atoms with Gasteiger partial charge >= 0.3 is 6.18 Å². The molecule has 0 saturated heterocycles. The first-order chi connectivity index (χ1) is 14.7. The molecule has 7 nitrogen and oxygen atoms in total. The van der Waals surface area contributed by atoms with Gasteiger partial charge < -0.3 is 19.9 Å². The number of alkyl halides is 3. The first kappa shape index (κ1) is 21.9. The molecule has 0 fully saturated rings. The molecule has 2 aromatic carbocycles. The number of hydrogen-bond donors (Lipinski definition) is 2. The molecule has 1 aromatic heterocycles. The van der Waals surface area contributed by atoms with E-state index in [4.69, 9.17) is 9.26 Å². The van der Waals surface area contributed by atoms with Crippen molar-refractivity contribution >= 4 is 17.5 Å². The van der Waals surface area contributed by atoms with Crippen molar-refractivity contribution in [3.8, 4) is 17.1 Å². The Morgan fingerprint density at radius 2 is 1.84 bits per heavy atom. The molecular formula is C21H18F3N3O4. The summed E-state index contributed by atoms with van der Waals surface area (Å²) in [4.78, 5) is 24.4. The summed E-state index contributed by atoms with van der Waals surface area (Å²) in [6, 6.07) is 14.8. The number of halogens is 3. The summed E-state index contributed by atoms with van der Waals surface area (Å²) in [5.74, 6) is -0.784. The van der Waals surface area contributed by atoms with Gasteiger partial charge in [0.1, 0.15) is 5.75 Å². The maximum absolute atomic E-state index is 12.4. The second-order valence-electron chi connectivity index (χ2n) is 6.51. The van der Waals surface area contributed by atoms with E-state index in [0.29, 0.717) is 11.3 Å². The summed E-state index contributed by atoms with van der Waals surface area (Å²) in [6.07, 6.45) is -4.47. The Kier molecular flexibility index (Phi) is 6.58. The Bertz CT molecular complexity index is 1070. The molecule has 0 unspecified atom stereocenters. The minimum absolute atomic E-state index is 0.00445. The molecule has 0 radical (unpaired) electrons. The summed E-state index contributed by atoms with van der Waals surface area (Å²) in [7, 11) is 0. The molecule has 1 heterocycles. The van der Waals surface area contributed by atoms with E-state index >= 15 is 0 Å². The molecule has 0 aliphatic carbocycles. The zero-order valence-electron chi connectivity index (χ0n) is 16.3. The Morgan fingerprint density at radius 1 is 1.10 bits per heavy atom. The monoisotopic (exact) mass is 433 g/mol. The third-order valence-corrected chi connectivity index (χ3v) is 4.16. The normalized spacial score (nSPS) is 11.1. The second-order valence-corrected chi connectivity index (χ2v) is 6.51. The first-order valence-electron chi connectivity index (χ1n) is 9.12. The molecule has 10 heteroatoms. The van der Waals surface area contributed by atoms with Gasteiger partial charge in [-0.15, -0.1) is 0 Å². The highest BCUT2D eigenvalue weighted by Crippen LogP contribution is 2.27. The molecule has 31 heavy (non-hydrogen) atoms. The van der Waals surface area contributed by atoms with Crippen molar-refractivity contribution in [1.29, 1.82) is 0 Å². The smallest absolute Gasteiger partial charge is 0.422 e. The van der Waals surface area contributed by atoms with Crippen LogP contribution < -0.4 is 15.4 Å². The summed E-state index contributed by atoms with van der Waals surface area (Å²) in [5, 5.41) is 8.63. The van der Waals surface area contributed by atoms with Crippen molar-refractivity contribution in [2.75, 3.05) is 18.5 Å². The number of ether oxygens (including phenoxy) is 1. The number of aromatic nitrogens is 1. The molecule has 162 valence electrons. The molecule has 0 spiro atoms. The maximum atomic E-state index is 12.4. The van der Waals surface area contributed by atoms with Crippen molar-refractivity contribution in [1.82, 2.24) is 10.5 Å². The zero-order chi connectivity index (χ0) is 22.4. The Hall–Kier alpha value is -3.82. The lowest BCUT2D eigenvalue weighted by Crippen LogP contribution is -2.33. The van der Waals surface area contributed by atoms with Gasteiger partial charge in [0.25, 0.3) is 5.91 Å². The number of hydrogen-bond acceptors (Lipinski definition) is 5. The molecule has 2 N–H and O–H groups in total. The van der Waals surface area contributed by atoms with Crippen LogP contribution in [0.1, 0.15) is 16.1 Å². The molecule has 0 aliphatic heterocycles. The summed E-state index contributed by atoms with van der Waals surface area (Å²) < 4.78 is 47.0. The number of nitrogens with one attached hydrogen (secondary N) is 2. The highest BCUT2D eigenvalue weighted by molar-refractivity contribution is 5.99. The predicted molar refractivity (Wildman–Crippen MR) is 106 cm³/mol. The van der Waals surface area contributed by atoms with E-state index in [9.17, 15) is 22.8 Å². The van der Waals surface area contributed by atoms with Gasteiger partial charge in [-0.2, -0.15) is 13.2 Å². The van der Waals surface area contributed by atoms with E-state index in [1.54, 1.807) is 12.1 Å². The predicted octanol–water partition coefficient (Wildman–Crippen LogP) is 3.96. The van der Waals surface area contributed by atoms with Crippen LogP contribution in [0.3, 0.4) is 0 Å². The molecule has 0 saturated carbocycles. The van der Waals surface area contributed by atoms with Crippen molar-refractivity contribution in [3.05, 3.63) is 65.9 Å². The highest BCUT2D eigenvalue weighted by Gasteiger charge is 2.28. The van der Waals surface area contributed by atoms with Crippen molar-refractivity contribution in [3.63, 3.8) is 0 Å². The fourth-order valence-corrected chi connectivity index (χ4v) is 2.63. The quantitative estimate of drug-likeness (QED) is 0.588. The van der Waals surface area contributed by atoms with Crippen LogP contribution in [-0.4, -0.2) is 36.3 Å². The average molecular weight is 433 g/mol. The third kappa shape index (κ3) is 6.08. The summed E-state index contributed by atoms with van der Waals surface area (Å²) in [5.41, 5.74) is 1.35. The molecule has 0 aliphatic rings. The maximum Gasteiger partial charge on any atom is 0.422 e. The largest absolute Gasteiger partial charge is 0.484 e.